The number of anilines is 1. The average Bonchev–Trinajstić information content (AvgIpc) is 2.30. The second kappa shape index (κ2) is 5.86. The van der Waals surface area contributed by atoms with Crippen molar-refractivity contribution in [1.82, 2.24) is 0 Å². The number of carbonyl (C=O) groups excluding carboxylic acids is 1. The largest absolute Gasteiger partial charge is 0.494 e. The van der Waals surface area contributed by atoms with Crippen LogP contribution < -0.4 is 10.1 Å². The summed E-state index contributed by atoms with van der Waals surface area (Å²) in [5, 5.41) is 1.48. The summed E-state index contributed by atoms with van der Waals surface area (Å²) >= 11 is 0. The van der Waals surface area contributed by atoms with Gasteiger partial charge in [-0.2, -0.15) is 0 Å². The second-order valence-corrected chi connectivity index (χ2v) is 6.28. The molecule has 0 fully saturated rings. The van der Waals surface area contributed by atoms with Crippen molar-refractivity contribution < 1.29 is 17.9 Å². The van der Waals surface area contributed by atoms with E-state index in [1.54, 1.807) is 24.3 Å². The molecule has 0 aliphatic heterocycles. The molecule has 0 saturated heterocycles. The number of carbonyl (C=O) groups is 1. The molecule has 0 spiro atoms. The van der Waals surface area contributed by atoms with Gasteiger partial charge in [-0.1, -0.05) is 0 Å². The molecule has 1 aromatic carbocycles. The maximum atomic E-state index is 11.6. The van der Waals surface area contributed by atoms with E-state index in [2.05, 4.69) is 5.32 Å². The van der Waals surface area contributed by atoms with E-state index < -0.39 is 21.0 Å². The molecule has 0 heterocycles. The summed E-state index contributed by atoms with van der Waals surface area (Å²) in [7, 11) is -3.38. The Morgan fingerprint density at radius 3 is 2.33 bits per heavy atom. The third-order valence-electron chi connectivity index (χ3n) is 2.44. The summed E-state index contributed by atoms with van der Waals surface area (Å²) in [6.45, 7) is 3.81. The zero-order valence-electron chi connectivity index (χ0n) is 10.6. The van der Waals surface area contributed by atoms with Gasteiger partial charge in [-0.05, 0) is 38.1 Å². The highest BCUT2D eigenvalue weighted by Gasteiger charge is 2.23. The number of amides is 1. The Bertz CT molecular complexity index is 507. The molecule has 0 bridgehead atoms. The third-order valence-corrected chi connectivity index (χ3v) is 3.94. The molecule has 1 amide bonds. The zero-order valence-corrected chi connectivity index (χ0v) is 11.5. The number of ether oxygens (including phenoxy) is 1. The van der Waals surface area contributed by atoms with Crippen molar-refractivity contribution in [3.63, 3.8) is 0 Å². The lowest BCUT2D eigenvalue weighted by Crippen LogP contribution is -2.31. The van der Waals surface area contributed by atoms with Crippen LogP contribution in [-0.4, -0.2) is 32.4 Å². The molecule has 18 heavy (non-hydrogen) atoms. The SMILES string of the molecule is CCOc1ccc(NC(=O)[C@@H](C)S(C)(=O)=O)cc1. The van der Waals surface area contributed by atoms with E-state index in [1.165, 1.54) is 6.92 Å². The molecule has 0 aliphatic rings. The number of sulfone groups is 1. The molecule has 100 valence electrons. The predicted molar refractivity (Wildman–Crippen MR) is 70.5 cm³/mol. The van der Waals surface area contributed by atoms with Crippen LogP contribution in [0.25, 0.3) is 0 Å². The molecule has 0 aromatic heterocycles. The molecule has 0 unspecified atom stereocenters. The van der Waals surface area contributed by atoms with E-state index in [-0.39, 0.29) is 0 Å². The van der Waals surface area contributed by atoms with Crippen LogP contribution in [0, 0.1) is 0 Å². The molecule has 6 heteroatoms. The minimum Gasteiger partial charge on any atom is -0.494 e. The maximum Gasteiger partial charge on any atom is 0.242 e. The van der Waals surface area contributed by atoms with Crippen LogP contribution in [0.15, 0.2) is 24.3 Å². The molecule has 5 nitrogen and oxygen atoms in total. The number of nitrogens with one attached hydrogen (secondary N) is 1. The minimum absolute atomic E-state index is 0.540. The number of benzene rings is 1. The van der Waals surface area contributed by atoms with Crippen LogP contribution in [0.5, 0.6) is 5.75 Å². The van der Waals surface area contributed by atoms with Gasteiger partial charge in [0.25, 0.3) is 0 Å². The van der Waals surface area contributed by atoms with Crippen molar-refractivity contribution in [3.05, 3.63) is 24.3 Å². The first kappa shape index (κ1) is 14.5. The molecular formula is C12H17NO4S. The normalized spacial score (nSPS) is 12.8. The van der Waals surface area contributed by atoms with Crippen molar-refractivity contribution in [2.75, 3.05) is 18.2 Å². The number of hydrogen-bond acceptors (Lipinski definition) is 4. The molecule has 0 radical (unpaired) electrons. The van der Waals surface area contributed by atoms with Gasteiger partial charge in [-0.25, -0.2) is 8.42 Å². The van der Waals surface area contributed by atoms with Gasteiger partial charge in [0.05, 0.1) is 6.61 Å². The van der Waals surface area contributed by atoms with Crippen LogP contribution >= 0.6 is 0 Å². The summed E-state index contributed by atoms with van der Waals surface area (Å²) in [5.74, 6) is 0.160. The second-order valence-electron chi connectivity index (χ2n) is 3.92. The highest BCUT2D eigenvalue weighted by Crippen LogP contribution is 2.16. The Labute approximate surface area is 107 Å². The Hall–Kier alpha value is -1.56. The monoisotopic (exact) mass is 271 g/mol. The van der Waals surface area contributed by atoms with E-state index in [0.717, 1.165) is 6.26 Å². The average molecular weight is 271 g/mol. The highest BCUT2D eigenvalue weighted by molar-refractivity contribution is 7.92. The molecule has 0 aliphatic carbocycles. The van der Waals surface area contributed by atoms with Crippen LogP contribution in [0.3, 0.4) is 0 Å². The van der Waals surface area contributed by atoms with E-state index in [0.29, 0.717) is 18.0 Å². The quantitative estimate of drug-likeness (QED) is 0.880. The van der Waals surface area contributed by atoms with Crippen molar-refractivity contribution in [1.29, 1.82) is 0 Å². The molecule has 1 N–H and O–H groups in total. The summed E-state index contributed by atoms with van der Waals surface area (Å²) in [6.07, 6.45) is 1.04. The van der Waals surface area contributed by atoms with Crippen molar-refractivity contribution in [2.45, 2.75) is 19.1 Å². The Balaban J connectivity index is 2.71. The van der Waals surface area contributed by atoms with Gasteiger partial charge in [0.2, 0.25) is 5.91 Å². The number of hydrogen-bond donors (Lipinski definition) is 1. The van der Waals surface area contributed by atoms with Crippen LogP contribution in [0.2, 0.25) is 0 Å². The molecule has 1 atom stereocenters. The van der Waals surface area contributed by atoms with E-state index in [9.17, 15) is 13.2 Å². The highest BCUT2D eigenvalue weighted by atomic mass is 32.2. The van der Waals surface area contributed by atoms with Gasteiger partial charge in [-0.15, -0.1) is 0 Å². The van der Waals surface area contributed by atoms with Gasteiger partial charge in [-0.3, -0.25) is 4.79 Å². The van der Waals surface area contributed by atoms with Gasteiger partial charge in [0, 0.05) is 11.9 Å². The van der Waals surface area contributed by atoms with E-state index >= 15 is 0 Å². The summed E-state index contributed by atoms with van der Waals surface area (Å²) in [4.78, 5) is 11.6. The lowest BCUT2D eigenvalue weighted by Gasteiger charge is -2.11. The van der Waals surface area contributed by atoms with Crippen LogP contribution in [-0.2, 0) is 14.6 Å². The van der Waals surface area contributed by atoms with Crippen molar-refractivity contribution in [3.8, 4) is 5.75 Å². The van der Waals surface area contributed by atoms with E-state index in [1.807, 2.05) is 6.92 Å². The van der Waals surface area contributed by atoms with Gasteiger partial charge >= 0.3 is 0 Å². The molecule has 0 saturated carbocycles. The molecule has 1 aromatic rings. The first-order chi connectivity index (χ1) is 8.34. The van der Waals surface area contributed by atoms with Gasteiger partial charge < -0.3 is 10.1 Å². The lowest BCUT2D eigenvalue weighted by molar-refractivity contribution is -0.115. The first-order valence-electron chi connectivity index (χ1n) is 5.57. The number of rotatable bonds is 5. The van der Waals surface area contributed by atoms with Gasteiger partial charge in [0.1, 0.15) is 11.0 Å². The third kappa shape index (κ3) is 4.03. The summed E-state index contributed by atoms with van der Waals surface area (Å²) < 4.78 is 27.7. The van der Waals surface area contributed by atoms with Gasteiger partial charge in [0.15, 0.2) is 9.84 Å². The fourth-order valence-corrected chi connectivity index (χ4v) is 1.69. The Kier molecular flexibility index (Phi) is 4.72. The predicted octanol–water partition coefficient (Wildman–Crippen LogP) is 1.46. The fourth-order valence-electron chi connectivity index (χ4n) is 1.24. The smallest absolute Gasteiger partial charge is 0.242 e. The molecule has 1 rings (SSSR count). The van der Waals surface area contributed by atoms with Crippen molar-refractivity contribution in [2.24, 2.45) is 0 Å². The summed E-state index contributed by atoms with van der Waals surface area (Å²) in [6, 6.07) is 6.75. The topological polar surface area (TPSA) is 72.5 Å². The first-order valence-corrected chi connectivity index (χ1v) is 7.52. The van der Waals surface area contributed by atoms with Crippen LogP contribution in [0.4, 0.5) is 5.69 Å². The Morgan fingerprint density at radius 2 is 1.89 bits per heavy atom. The summed E-state index contributed by atoms with van der Waals surface area (Å²) in [5.41, 5.74) is 0.541. The maximum absolute atomic E-state index is 11.6. The van der Waals surface area contributed by atoms with Crippen LogP contribution in [0.1, 0.15) is 13.8 Å². The molecular weight excluding hydrogens is 254 g/mol. The Morgan fingerprint density at radius 1 is 1.33 bits per heavy atom. The lowest BCUT2D eigenvalue weighted by atomic mass is 10.3. The van der Waals surface area contributed by atoms with Crippen molar-refractivity contribution >= 4 is 21.4 Å². The zero-order chi connectivity index (χ0) is 13.8. The standard InChI is InChI=1S/C12H17NO4S/c1-4-17-11-7-5-10(6-8-11)13-12(14)9(2)18(3,15)16/h5-9H,4H2,1-3H3,(H,13,14)/t9-/m1/s1. The minimum atomic E-state index is -3.38. The van der Waals surface area contributed by atoms with E-state index in [4.69, 9.17) is 4.74 Å². The fraction of sp³-hybridized carbons (Fsp3) is 0.417.